The second kappa shape index (κ2) is 7.09. The van der Waals surface area contributed by atoms with Crippen molar-refractivity contribution < 1.29 is 9.53 Å². The second-order valence-electron chi connectivity index (χ2n) is 6.64. The van der Waals surface area contributed by atoms with E-state index in [-0.39, 0.29) is 17.9 Å². The number of carbonyl (C=O) groups is 1. The van der Waals surface area contributed by atoms with E-state index in [1.165, 1.54) is 0 Å². The van der Waals surface area contributed by atoms with Gasteiger partial charge < -0.3 is 15.0 Å². The van der Waals surface area contributed by atoms with E-state index in [0.717, 1.165) is 49.6 Å². The molecule has 1 N–H and O–H groups in total. The number of anilines is 1. The van der Waals surface area contributed by atoms with Crippen molar-refractivity contribution in [3.8, 4) is 5.75 Å². The standard InChI is InChI=1S/C19H22N4O2/c24-18(15-12-14-4-1-2-5-17(14)25-13-15)22-16-6-10-23(11-7-16)19-20-8-3-9-21-19/h1-5,8-9,15-16H,6-7,10-13H2,(H,22,24)/t15-/m1/s1. The maximum atomic E-state index is 12.6. The number of ether oxygens (including phenoxy) is 1. The van der Waals surface area contributed by atoms with Gasteiger partial charge in [-0.1, -0.05) is 18.2 Å². The van der Waals surface area contributed by atoms with Crippen LogP contribution in [-0.2, 0) is 11.2 Å². The molecule has 1 fully saturated rings. The minimum Gasteiger partial charge on any atom is -0.492 e. The third-order valence-corrected chi connectivity index (χ3v) is 4.93. The summed E-state index contributed by atoms with van der Waals surface area (Å²) >= 11 is 0. The van der Waals surface area contributed by atoms with Crippen molar-refractivity contribution in [1.82, 2.24) is 15.3 Å². The van der Waals surface area contributed by atoms with Gasteiger partial charge in [0.2, 0.25) is 11.9 Å². The van der Waals surface area contributed by atoms with Gasteiger partial charge in [-0.05, 0) is 37.0 Å². The fourth-order valence-corrected chi connectivity index (χ4v) is 3.49. The van der Waals surface area contributed by atoms with Crippen LogP contribution < -0.4 is 15.0 Å². The maximum absolute atomic E-state index is 12.6. The monoisotopic (exact) mass is 338 g/mol. The number of benzene rings is 1. The molecular formula is C19H22N4O2. The Kier molecular flexibility index (Phi) is 4.50. The number of rotatable bonds is 3. The van der Waals surface area contributed by atoms with E-state index in [2.05, 4.69) is 20.2 Å². The van der Waals surface area contributed by atoms with Crippen LogP contribution in [0.15, 0.2) is 42.7 Å². The molecule has 0 unspecified atom stereocenters. The summed E-state index contributed by atoms with van der Waals surface area (Å²) in [6, 6.07) is 9.98. The van der Waals surface area contributed by atoms with Crippen LogP contribution in [0.1, 0.15) is 18.4 Å². The molecule has 0 aliphatic carbocycles. The van der Waals surface area contributed by atoms with Crippen LogP contribution in [-0.4, -0.2) is 41.6 Å². The highest BCUT2D eigenvalue weighted by molar-refractivity contribution is 5.80. The van der Waals surface area contributed by atoms with Crippen molar-refractivity contribution >= 4 is 11.9 Å². The van der Waals surface area contributed by atoms with Crippen LogP contribution in [0.4, 0.5) is 5.95 Å². The highest BCUT2D eigenvalue weighted by atomic mass is 16.5. The van der Waals surface area contributed by atoms with Gasteiger partial charge in [0.25, 0.3) is 0 Å². The number of hydrogen-bond acceptors (Lipinski definition) is 5. The van der Waals surface area contributed by atoms with Crippen molar-refractivity contribution in [3.05, 3.63) is 48.3 Å². The van der Waals surface area contributed by atoms with Gasteiger partial charge in [-0.25, -0.2) is 9.97 Å². The Bertz CT molecular complexity index is 729. The zero-order valence-electron chi connectivity index (χ0n) is 14.1. The average molecular weight is 338 g/mol. The van der Waals surface area contributed by atoms with Gasteiger partial charge in [-0.2, -0.15) is 0 Å². The van der Waals surface area contributed by atoms with Gasteiger partial charge in [0.05, 0.1) is 5.92 Å². The molecule has 2 aliphatic heterocycles. The summed E-state index contributed by atoms with van der Waals surface area (Å²) in [4.78, 5) is 23.4. The lowest BCUT2D eigenvalue weighted by Gasteiger charge is -2.33. The van der Waals surface area contributed by atoms with Gasteiger partial charge in [0.15, 0.2) is 0 Å². The van der Waals surface area contributed by atoms with Crippen LogP contribution in [0.2, 0.25) is 0 Å². The van der Waals surface area contributed by atoms with Crippen molar-refractivity contribution in [2.75, 3.05) is 24.6 Å². The quantitative estimate of drug-likeness (QED) is 0.924. The first-order valence-electron chi connectivity index (χ1n) is 8.82. The maximum Gasteiger partial charge on any atom is 0.227 e. The highest BCUT2D eigenvalue weighted by Gasteiger charge is 2.29. The van der Waals surface area contributed by atoms with E-state index in [0.29, 0.717) is 6.61 Å². The molecule has 2 aliphatic rings. The molecule has 1 aromatic heterocycles. The number of hydrogen-bond donors (Lipinski definition) is 1. The number of carbonyl (C=O) groups excluding carboxylic acids is 1. The summed E-state index contributed by atoms with van der Waals surface area (Å²) in [5, 5.41) is 3.20. The first-order chi connectivity index (χ1) is 12.3. The van der Waals surface area contributed by atoms with E-state index in [9.17, 15) is 4.79 Å². The zero-order chi connectivity index (χ0) is 17.1. The molecule has 3 heterocycles. The van der Waals surface area contributed by atoms with Gasteiger partial charge >= 0.3 is 0 Å². The number of aromatic nitrogens is 2. The molecule has 1 atom stereocenters. The Morgan fingerprint density at radius 2 is 1.88 bits per heavy atom. The van der Waals surface area contributed by atoms with Crippen molar-refractivity contribution in [1.29, 1.82) is 0 Å². The van der Waals surface area contributed by atoms with Gasteiger partial charge in [-0.15, -0.1) is 0 Å². The molecule has 1 saturated heterocycles. The fourth-order valence-electron chi connectivity index (χ4n) is 3.49. The first kappa shape index (κ1) is 15.9. The summed E-state index contributed by atoms with van der Waals surface area (Å²) in [5.74, 6) is 1.67. The lowest BCUT2D eigenvalue weighted by molar-refractivity contribution is -0.127. The van der Waals surface area contributed by atoms with E-state index < -0.39 is 0 Å². The largest absolute Gasteiger partial charge is 0.492 e. The lowest BCUT2D eigenvalue weighted by atomic mass is 9.95. The summed E-state index contributed by atoms with van der Waals surface area (Å²) < 4.78 is 5.74. The predicted octanol–water partition coefficient (Wildman–Crippen LogP) is 1.81. The van der Waals surface area contributed by atoms with Crippen LogP contribution in [0.5, 0.6) is 5.75 Å². The number of para-hydroxylation sites is 1. The van der Waals surface area contributed by atoms with Crippen LogP contribution in [0.25, 0.3) is 0 Å². The molecule has 6 nitrogen and oxygen atoms in total. The first-order valence-corrected chi connectivity index (χ1v) is 8.82. The SMILES string of the molecule is O=C(NC1CCN(c2ncccn2)CC1)[C@H]1COc2ccccc2C1. The Balaban J connectivity index is 1.30. The molecule has 2 aromatic rings. The van der Waals surface area contributed by atoms with E-state index in [4.69, 9.17) is 4.74 Å². The minimum absolute atomic E-state index is 0.101. The molecule has 6 heteroatoms. The normalized spacial score (nSPS) is 20.5. The molecule has 0 bridgehead atoms. The molecule has 0 saturated carbocycles. The van der Waals surface area contributed by atoms with E-state index >= 15 is 0 Å². The molecule has 130 valence electrons. The Morgan fingerprint density at radius 3 is 2.68 bits per heavy atom. The number of piperidine rings is 1. The molecule has 1 amide bonds. The Labute approximate surface area is 147 Å². The summed E-state index contributed by atoms with van der Waals surface area (Å²) in [6.07, 6.45) is 6.09. The molecule has 25 heavy (non-hydrogen) atoms. The molecule has 1 aromatic carbocycles. The summed E-state index contributed by atoms with van der Waals surface area (Å²) in [6.45, 7) is 2.18. The second-order valence-corrected chi connectivity index (χ2v) is 6.64. The number of fused-ring (bicyclic) bond motifs is 1. The number of amides is 1. The van der Waals surface area contributed by atoms with Gasteiger partial charge in [-0.3, -0.25) is 4.79 Å². The topological polar surface area (TPSA) is 67.4 Å². The minimum atomic E-state index is -0.106. The Hall–Kier alpha value is -2.63. The van der Waals surface area contributed by atoms with Crippen molar-refractivity contribution in [2.24, 2.45) is 5.92 Å². The molecule has 0 spiro atoms. The third-order valence-electron chi connectivity index (χ3n) is 4.93. The number of nitrogens with zero attached hydrogens (tertiary/aromatic N) is 3. The fraction of sp³-hybridized carbons (Fsp3) is 0.421. The average Bonchev–Trinajstić information content (AvgIpc) is 2.69. The van der Waals surface area contributed by atoms with E-state index in [1.54, 1.807) is 12.4 Å². The smallest absolute Gasteiger partial charge is 0.227 e. The number of nitrogens with one attached hydrogen (secondary N) is 1. The zero-order valence-corrected chi connectivity index (χ0v) is 14.1. The molecular weight excluding hydrogens is 316 g/mol. The molecule has 4 rings (SSSR count). The van der Waals surface area contributed by atoms with Gasteiger partial charge in [0, 0.05) is 31.5 Å². The van der Waals surface area contributed by atoms with Gasteiger partial charge in [0.1, 0.15) is 12.4 Å². The third kappa shape index (κ3) is 3.57. The van der Waals surface area contributed by atoms with Crippen molar-refractivity contribution in [3.63, 3.8) is 0 Å². The summed E-state index contributed by atoms with van der Waals surface area (Å²) in [7, 11) is 0. The predicted molar refractivity (Wildman–Crippen MR) is 94.5 cm³/mol. The van der Waals surface area contributed by atoms with Crippen LogP contribution in [0, 0.1) is 5.92 Å². The summed E-state index contributed by atoms with van der Waals surface area (Å²) in [5.41, 5.74) is 1.12. The van der Waals surface area contributed by atoms with Crippen LogP contribution >= 0.6 is 0 Å². The Morgan fingerprint density at radius 1 is 1.12 bits per heavy atom. The van der Waals surface area contributed by atoms with E-state index in [1.807, 2.05) is 30.3 Å². The highest BCUT2D eigenvalue weighted by Crippen LogP contribution is 2.27. The van der Waals surface area contributed by atoms with Crippen molar-refractivity contribution in [2.45, 2.75) is 25.3 Å². The molecule has 0 radical (unpaired) electrons. The van der Waals surface area contributed by atoms with Crippen LogP contribution in [0.3, 0.4) is 0 Å². The lowest BCUT2D eigenvalue weighted by Crippen LogP contribution is -2.48.